The van der Waals surface area contributed by atoms with E-state index in [0.29, 0.717) is 17.7 Å². The quantitative estimate of drug-likeness (QED) is 0.606. The number of carboxylic acids is 1. The van der Waals surface area contributed by atoms with Gasteiger partial charge in [0.25, 0.3) is 5.56 Å². The van der Waals surface area contributed by atoms with Crippen molar-refractivity contribution in [2.75, 3.05) is 20.6 Å². The Morgan fingerprint density at radius 1 is 1.21 bits per heavy atom. The lowest BCUT2D eigenvalue weighted by atomic mass is 9.97. The van der Waals surface area contributed by atoms with Gasteiger partial charge >= 0.3 is 5.97 Å². The number of aromatic nitrogens is 2. The highest BCUT2D eigenvalue weighted by Crippen LogP contribution is 2.38. The lowest BCUT2D eigenvalue weighted by Gasteiger charge is -2.14. The molecule has 0 aliphatic heterocycles. The molecular formula is C21H24ClN3O4. The fourth-order valence-corrected chi connectivity index (χ4v) is 4.08. The number of hydrogen-bond donors (Lipinski definition) is 3. The first kappa shape index (κ1) is 21.0. The molecule has 1 aliphatic rings. The minimum absolute atomic E-state index is 0. The van der Waals surface area contributed by atoms with Gasteiger partial charge in [-0.25, -0.2) is 4.79 Å². The molecule has 0 saturated carbocycles. The molecule has 0 atom stereocenters. The van der Waals surface area contributed by atoms with Gasteiger partial charge in [0.1, 0.15) is 5.75 Å². The van der Waals surface area contributed by atoms with Crippen molar-refractivity contribution >= 4 is 29.3 Å². The van der Waals surface area contributed by atoms with E-state index in [1.54, 1.807) is 0 Å². The molecule has 3 N–H and O–H groups in total. The van der Waals surface area contributed by atoms with Crippen LogP contribution in [0, 0.1) is 0 Å². The van der Waals surface area contributed by atoms with Gasteiger partial charge in [-0.05, 0) is 51.1 Å². The summed E-state index contributed by atoms with van der Waals surface area (Å²) in [5, 5.41) is 20.9. The molecule has 29 heavy (non-hydrogen) atoms. The van der Waals surface area contributed by atoms with E-state index in [-0.39, 0.29) is 12.4 Å². The average molecular weight is 418 g/mol. The summed E-state index contributed by atoms with van der Waals surface area (Å²) < 4.78 is 2.22. The van der Waals surface area contributed by atoms with Crippen LogP contribution in [-0.4, -0.2) is 51.3 Å². The van der Waals surface area contributed by atoms with Crippen LogP contribution in [0.2, 0.25) is 0 Å². The van der Waals surface area contributed by atoms with E-state index < -0.39 is 22.8 Å². The smallest absolute Gasteiger partial charge is 0.345 e. The van der Waals surface area contributed by atoms with Crippen molar-refractivity contribution < 1.29 is 15.0 Å². The topological polar surface area (TPSA) is 98.6 Å². The molecule has 8 heteroatoms. The molecule has 0 spiro atoms. The third-order valence-corrected chi connectivity index (χ3v) is 5.48. The number of aromatic hydroxyl groups is 1. The average Bonchev–Trinajstić information content (AvgIpc) is 2.95. The number of hydrogen-bond acceptors (Lipinski definition) is 4. The molecule has 7 nitrogen and oxygen atoms in total. The molecule has 0 bridgehead atoms. The fraction of sp³-hybridized carbons (Fsp3) is 0.333. The first-order valence-electron chi connectivity index (χ1n) is 9.35. The SMILES string of the molecule is CN(C)CCn1ccc2c3c(ccc21)-c1[nH]c(=O)c(C(=O)O)c(O)c1CCC3.Cl. The zero-order valence-electron chi connectivity index (χ0n) is 16.4. The predicted molar refractivity (Wildman–Crippen MR) is 114 cm³/mol. The largest absolute Gasteiger partial charge is 0.506 e. The van der Waals surface area contributed by atoms with E-state index in [9.17, 15) is 19.8 Å². The lowest BCUT2D eigenvalue weighted by molar-refractivity contribution is 0.0691. The zero-order valence-corrected chi connectivity index (χ0v) is 17.2. The maximum Gasteiger partial charge on any atom is 0.345 e. The molecule has 1 aliphatic carbocycles. The summed E-state index contributed by atoms with van der Waals surface area (Å²) in [6, 6.07) is 6.08. The number of nitrogens with zero attached hydrogens (tertiary/aromatic N) is 2. The van der Waals surface area contributed by atoms with E-state index in [0.717, 1.165) is 48.0 Å². The van der Waals surface area contributed by atoms with Crippen molar-refractivity contribution in [2.24, 2.45) is 0 Å². The van der Waals surface area contributed by atoms with Gasteiger partial charge in [0.05, 0.1) is 5.69 Å². The van der Waals surface area contributed by atoms with E-state index in [4.69, 9.17) is 0 Å². The number of aryl methyl sites for hydroxylation is 1. The summed E-state index contributed by atoms with van der Waals surface area (Å²) in [7, 11) is 4.09. The van der Waals surface area contributed by atoms with E-state index >= 15 is 0 Å². The number of halogens is 1. The van der Waals surface area contributed by atoms with Crippen molar-refractivity contribution in [3.63, 3.8) is 0 Å². The first-order chi connectivity index (χ1) is 13.4. The van der Waals surface area contributed by atoms with Gasteiger partial charge in [0.15, 0.2) is 5.56 Å². The zero-order chi connectivity index (χ0) is 20.0. The van der Waals surface area contributed by atoms with Crippen molar-refractivity contribution in [2.45, 2.75) is 25.8 Å². The van der Waals surface area contributed by atoms with Crippen LogP contribution in [-0.2, 0) is 19.4 Å². The van der Waals surface area contributed by atoms with Gasteiger partial charge in [0, 0.05) is 41.3 Å². The van der Waals surface area contributed by atoms with Crippen molar-refractivity contribution in [3.05, 3.63) is 51.4 Å². The van der Waals surface area contributed by atoms with Gasteiger partial charge in [-0.15, -0.1) is 12.4 Å². The van der Waals surface area contributed by atoms with Crippen LogP contribution in [0.5, 0.6) is 5.75 Å². The number of H-pyrrole nitrogens is 1. The van der Waals surface area contributed by atoms with Gasteiger partial charge < -0.3 is 24.7 Å². The molecule has 0 unspecified atom stereocenters. The number of nitrogens with one attached hydrogen (secondary N) is 1. The second-order valence-electron chi connectivity index (χ2n) is 7.53. The van der Waals surface area contributed by atoms with Crippen molar-refractivity contribution in [1.29, 1.82) is 0 Å². The van der Waals surface area contributed by atoms with Gasteiger partial charge in [0.2, 0.25) is 0 Å². The minimum Gasteiger partial charge on any atom is -0.506 e. The summed E-state index contributed by atoms with van der Waals surface area (Å²) in [6.45, 7) is 1.81. The monoisotopic (exact) mass is 417 g/mol. The molecule has 4 rings (SSSR count). The molecular weight excluding hydrogens is 394 g/mol. The van der Waals surface area contributed by atoms with Crippen molar-refractivity contribution in [3.8, 4) is 17.0 Å². The van der Waals surface area contributed by atoms with Crippen LogP contribution >= 0.6 is 12.4 Å². The molecule has 0 fully saturated rings. The molecule has 0 radical (unpaired) electrons. The van der Waals surface area contributed by atoms with E-state index in [1.165, 1.54) is 0 Å². The fourth-order valence-electron chi connectivity index (χ4n) is 4.08. The van der Waals surface area contributed by atoms with Crippen LogP contribution in [0.1, 0.15) is 27.9 Å². The molecule has 1 aromatic carbocycles. The molecule has 2 heterocycles. The van der Waals surface area contributed by atoms with Gasteiger partial charge in [-0.2, -0.15) is 0 Å². The molecule has 2 aromatic heterocycles. The summed E-state index contributed by atoms with van der Waals surface area (Å²) in [4.78, 5) is 28.5. The first-order valence-corrected chi connectivity index (χ1v) is 9.35. The van der Waals surface area contributed by atoms with Crippen LogP contribution < -0.4 is 5.56 Å². The van der Waals surface area contributed by atoms with Gasteiger partial charge in [-0.3, -0.25) is 4.79 Å². The molecule has 3 aromatic rings. The number of benzene rings is 1. The highest BCUT2D eigenvalue weighted by atomic mass is 35.5. The Kier molecular flexibility index (Phi) is 5.73. The standard InChI is InChI=1S/C21H23N3O4.ClH/c1-23(2)10-11-24-9-8-13-12-4-3-5-15-18(14(12)6-7-16(13)24)22-20(26)17(19(15)25)21(27)28;/h6-9H,3-5,10-11H2,1-2H3,(H,27,28)(H2,22,25,26);1H. The van der Waals surface area contributed by atoms with E-state index in [2.05, 4.69) is 26.7 Å². The Hall–Kier alpha value is -2.77. The van der Waals surface area contributed by atoms with Crippen LogP contribution in [0.15, 0.2) is 29.2 Å². The number of likely N-dealkylation sites (N-methyl/N-ethyl adjacent to an activating group) is 1. The van der Waals surface area contributed by atoms with Crippen molar-refractivity contribution in [1.82, 2.24) is 14.5 Å². The Labute approximate surface area is 174 Å². The Morgan fingerprint density at radius 3 is 2.62 bits per heavy atom. The number of carboxylic acid groups (broad SMARTS) is 1. The summed E-state index contributed by atoms with van der Waals surface area (Å²) in [6.07, 6.45) is 4.15. The highest BCUT2D eigenvalue weighted by Gasteiger charge is 2.26. The molecule has 154 valence electrons. The second kappa shape index (κ2) is 7.93. The normalized spacial score (nSPS) is 12.9. The number of carbonyl (C=O) groups is 1. The lowest BCUT2D eigenvalue weighted by Crippen LogP contribution is -2.20. The Bertz CT molecular complexity index is 1150. The summed E-state index contributed by atoms with van der Waals surface area (Å²) >= 11 is 0. The summed E-state index contributed by atoms with van der Waals surface area (Å²) in [5.74, 6) is -1.83. The third kappa shape index (κ3) is 3.52. The number of pyridine rings is 1. The molecule has 0 amide bonds. The number of aromatic carboxylic acids is 1. The number of fused-ring (bicyclic) bond motifs is 5. The number of aromatic amines is 1. The third-order valence-electron chi connectivity index (χ3n) is 5.48. The predicted octanol–water partition coefficient (Wildman–Crippen LogP) is 2.87. The Morgan fingerprint density at radius 2 is 1.93 bits per heavy atom. The van der Waals surface area contributed by atoms with E-state index in [1.807, 2.05) is 26.2 Å². The maximum atomic E-state index is 12.3. The maximum absolute atomic E-state index is 12.3. The second-order valence-corrected chi connectivity index (χ2v) is 7.53. The summed E-state index contributed by atoms with van der Waals surface area (Å²) in [5.41, 5.74) is 2.79. The molecule has 0 saturated heterocycles. The Balaban J connectivity index is 0.00000240. The highest BCUT2D eigenvalue weighted by molar-refractivity contribution is 5.94. The van der Waals surface area contributed by atoms with Crippen LogP contribution in [0.3, 0.4) is 0 Å². The van der Waals surface area contributed by atoms with Gasteiger partial charge in [-0.1, -0.05) is 6.07 Å². The number of rotatable bonds is 4. The van der Waals surface area contributed by atoms with Crippen LogP contribution in [0.4, 0.5) is 0 Å². The van der Waals surface area contributed by atoms with Crippen LogP contribution in [0.25, 0.3) is 22.2 Å². The minimum atomic E-state index is -1.42.